The van der Waals surface area contributed by atoms with Crippen molar-refractivity contribution in [2.45, 2.75) is 25.5 Å². The number of hydrogen-bond acceptors (Lipinski definition) is 5. The Balaban J connectivity index is 2.32. The zero-order valence-corrected chi connectivity index (χ0v) is 13.9. The van der Waals surface area contributed by atoms with Gasteiger partial charge in [0.15, 0.2) is 5.12 Å². The van der Waals surface area contributed by atoms with Crippen LogP contribution in [0.5, 0.6) is 0 Å². The van der Waals surface area contributed by atoms with Crippen molar-refractivity contribution in [2.24, 2.45) is 0 Å². The third-order valence-electron chi connectivity index (χ3n) is 3.14. The van der Waals surface area contributed by atoms with E-state index in [1.165, 1.54) is 19.1 Å². The van der Waals surface area contributed by atoms with Crippen LogP contribution < -0.4 is 4.90 Å². The fourth-order valence-corrected chi connectivity index (χ4v) is 4.05. The normalized spacial score (nSPS) is 18.1. The van der Waals surface area contributed by atoms with E-state index in [2.05, 4.69) is 15.9 Å². The SMILES string of the molecule is CC(=O)SC1CC(=O)N(c2c(C)cc([N+](=O)[O-])cc2Br)C1. The fourth-order valence-electron chi connectivity index (χ4n) is 2.37. The summed E-state index contributed by atoms with van der Waals surface area (Å²) in [5, 5.41) is 10.7. The quantitative estimate of drug-likeness (QED) is 0.601. The molecule has 1 aliphatic heterocycles. The highest BCUT2D eigenvalue weighted by atomic mass is 79.9. The minimum atomic E-state index is -0.470. The average Bonchev–Trinajstić information content (AvgIpc) is 2.68. The second kappa shape index (κ2) is 6.15. The van der Waals surface area contributed by atoms with Gasteiger partial charge in [0.2, 0.25) is 5.91 Å². The number of amides is 1. The number of non-ortho nitro benzene ring substituents is 1. The number of anilines is 1. The number of hydrogen-bond donors (Lipinski definition) is 0. The third-order valence-corrected chi connectivity index (χ3v) is 4.73. The van der Waals surface area contributed by atoms with Crippen LogP contribution in [0.4, 0.5) is 11.4 Å². The van der Waals surface area contributed by atoms with Gasteiger partial charge in [0, 0.05) is 41.7 Å². The molecule has 1 atom stereocenters. The van der Waals surface area contributed by atoms with E-state index >= 15 is 0 Å². The first-order valence-corrected chi connectivity index (χ1v) is 7.89. The van der Waals surface area contributed by atoms with Crippen LogP contribution in [0.25, 0.3) is 0 Å². The summed E-state index contributed by atoms with van der Waals surface area (Å²) in [6, 6.07) is 2.83. The minimum Gasteiger partial charge on any atom is -0.310 e. The largest absolute Gasteiger partial charge is 0.310 e. The standard InChI is InChI=1S/C13H13BrN2O4S/c1-7-3-9(16(19)20)4-11(14)13(7)15-6-10(5-12(15)18)21-8(2)17/h3-4,10H,5-6H2,1-2H3. The van der Waals surface area contributed by atoms with Gasteiger partial charge in [-0.3, -0.25) is 19.7 Å². The highest BCUT2D eigenvalue weighted by Gasteiger charge is 2.34. The summed E-state index contributed by atoms with van der Waals surface area (Å²) < 4.78 is 0.510. The van der Waals surface area contributed by atoms with Gasteiger partial charge in [-0.1, -0.05) is 11.8 Å². The molecule has 1 aliphatic rings. The van der Waals surface area contributed by atoms with Gasteiger partial charge in [-0.25, -0.2) is 0 Å². The van der Waals surface area contributed by atoms with Gasteiger partial charge in [-0.2, -0.15) is 0 Å². The topological polar surface area (TPSA) is 80.5 Å². The molecule has 1 amide bonds. The summed E-state index contributed by atoms with van der Waals surface area (Å²) in [7, 11) is 0. The number of nitro benzene ring substituents is 1. The number of aryl methyl sites for hydroxylation is 1. The maximum absolute atomic E-state index is 12.1. The molecule has 0 N–H and O–H groups in total. The van der Waals surface area contributed by atoms with Crippen LogP contribution in [-0.2, 0) is 9.59 Å². The number of nitrogens with zero attached hydrogens (tertiary/aromatic N) is 2. The Kier molecular flexibility index (Phi) is 4.67. The summed E-state index contributed by atoms with van der Waals surface area (Å²) in [5.74, 6) is -0.0774. The van der Waals surface area contributed by atoms with E-state index in [9.17, 15) is 19.7 Å². The number of nitro groups is 1. The first-order chi connectivity index (χ1) is 9.79. The molecule has 8 heteroatoms. The second-order valence-electron chi connectivity index (χ2n) is 4.79. The minimum absolute atomic E-state index is 0.0193. The van der Waals surface area contributed by atoms with Crippen molar-refractivity contribution in [3.8, 4) is 0 Å². The Morgan fingerprint density at radius 1 is 1.52 bits per heavy atom. The zero-order valence-electron chi connectivity index (χ0n) is 11.5. The highest BCUT2D eigenvalue weighted by molar-refractivity contribution is 9.10. The van der Waals surface area contributed by atoms with Gasteiger partial charge in [0.1, 0.15) is 0 Å². The van der Waals surface area contributed by atoms with Crippen molar-refractivity contribution in [1.29, 1.82) is 0 Å². The van der Waals surface area contributed by atoms with Gasteiger partial charge in [-0.15, -0.1) is 0 Å². The number of thioether (sulfide) groups is 1. The number of halogens is 1. The van der Waals surface area contributed by atoms with E-state index in [0.29, 0.717) is 28.7 Å². The first-order valence-electron chi connectivity index (χ1n) is 6.21. The molecule has 112 valence electrons. The average molecular weight is 373 g/mol. The summed E-state index contributed by atoms with van der Waals surface area (Å²) in [4.78, 5) is 35.2. The van der Waals surface area contributed by atoms with Gasteiger partial charge in [-0.05, 0) is 28.4 Å². The lowest BCUT2D eigenvalue weighted by Gasteiger charge is -2.20. The molecule has 1 saturated heterocycles. The number of carbonyl (C=O) groups is 2. The van der Waals surface area contributed by atoms with Gasteiger partial charge in [0.25, 0.3) is 5.69 Å². The second-order valence-corrected chi connectivity index (χ2v) is 7.12. The van der Waals surface area contributed by atoms with Crippen molar-refractivity contribution < 1.29 is 14.5 Å². The van der Waals surface area contributed by atoms with E-state index in [0.717, 1.165) is 11.8 Å². The number of benzene rings is 1. The van der Waals surface area contributed by atoms with Gasteiger partial charge >= 0.3 is 0 Å². The van der Waals surface area contributed by atoms with Crippen molar-refractivity contribution >= 4 is 50.1 Å². The molecule has 1 unspecified atom stereocenters. The molecule has 21 heavy (non-hydrogen) atoms. The van der Waals surface area contributed by atoms with E-state index in [4.69, 9.17) is 0 Å². The number of rotatable bonds is 3. The van der Waals surface area contributed by atoms with Crippen LogP contribution in [0.3, 0.4) is 0 Å². The van der Waals surface area contributed by atoms with E-state index in [1.807, 2.05) is 0 Å². The Hall–Kier alpha value is -1.41. The fraction of sp³-hybridized carbons (Fsp3) is 0.385. The maximum atomic E-state index is 12.1. The molecule has 1 heterocycles. The van der Waals surface area contributed by atoms with Crippen molar-refractivity contribution in [1.82, 2.24) is 0 Å². The Morgan fingerprint density at radius 3 is 2.71 bits per heavy atom. The molecule has 1 aromatic carbocycles. The lowest BCUT2D eigenvalue weighted by Crippen LogP contribution is -2.26. The molecule has 1 aromatic rings. The van der Waals surface area contributed by atoms with Crippen LogP contribution in [-0.4, -0.2) is 27.7 Å². The molecular weight excluding hydrogens is 360 g/mol. The molecule has 6 nitrogen and oxygen atoms in total. The van der Waals surface area contributed by atoms with E-state index in [1.54, 1.807) is 11.8 Å². The third kappa shape index (κ3) is 3.44. The molecule has 0 saturated carbocycles. The van der Waals surface area contributed by atoms with Gasteiger partial charge in [0.05, 0.1) is 10.6 Å². The Morgan fingerprint density at radius 2 is 2.19 bits per heavy atom. The van der Waals surface area contributed by atoms with Crippen LogP contribution in [0.2, 0.25) is 0 Å². The molecule has 1 fully saturated rings. The summed E-state index contributed by atoms with van der Waals surface area (Å²) in [5.41, 5.74) is 1.26. The predicted molar refractivity (Wildman–Crippen MR) is 84.6 cm³/mol. The van der Waals surface area contributed by atoms with Crippen molar-refractivity contribution in [2.75, 3.05) is 11.4 Å². The van der Waals surface area contributed by atoms with Crippen LogP contribution >= 0.6 is 27.7 Å². The lowest BCUT2D eigenvalue weighted by molar-refractivity contribution is -0.385. The van der Waals surface area contributed by atoms with Crippen molar-refractivity contribution in [3.63, 3.8) is 0 Å². The predicted octanol–water partition coefficient (Wildman–Crippen LogP) is 3.05. The van der Waals surface area contributed by atoms with Crippen LogP contribution in [0.15, 0.2) is 16.6 Å². The van der Waals surface area contributed by atoms with Crippen molar-refractivity contribution in [3.05, 3.63) is 32.3 Å². The maximum Gasteiger partial charge on any atom is 0.270 e. The molecular formula is C13H13BrN2O4S. The Labute approximate surface area is 134 Å². The summed E-state index contributed by atoms with van der Waals surface area (Å²) >= 11 is 4.46. The summed E-state index contributed by atoms with van der Waals surface area (Å²) in [6.45, 7) is 3.64. The number of carbonyl (C=O) groups excluding carboxylic acids is 2. The summed E-state index contributed by atoms with van der Waals surface area (Å²) in [6.07, 6.45) is 0.299. The molecule has 2 rings (SSSR count). The van der Waals surface area contributed by atoms with E-state index in [-0.39, 0.29) is 22.0 Å². The van der Waals surface area contributed by atoms with E-state index < -0.39 is 4.92 Å². The molecule has 0 aliphatic carbocycles. The highest BCUT2D eigenvalue weighted by Crippen LogP contribution is 2.38. The zero-order chi connectivity index (χ0) is 15.7. The monoisotopic (exact) mass is 372 g/mol. The molecule has 0 bridgehead atoms. The van der Waals surface area contributed by atoms with Crippen LogP contribution in [0.1, 0.15) is 18.9 Å². The lowest BCUT2D eigenvalue weighted by atomic mass is 10.1. The first kappa shape index (κ1) is 16.0. The smallest absolute Gasteiger partial charge is 0.270 e. The molecule has 0 radical (unpaired) electrons. The molecule has 0 aromatic heterocycles. The molecule has 0 spiro atoms. The Bertz CT molecular complexity index is 612. The van der Waals surface area contributed by atoms with Crippen LogP contribution in [0, 0.1) is 17.0 Å². The van der Waals surface area contributed by atoms with Gasteiger partial charge < -0.3 is 4.90 Å².